The van der Waals surface area contributed by atoms with Crippen molar-refractivity contribution in [3.63, 3.8) is 0 Å². The maximum absolute atomic E-state index is 13.9. The fraction of sp³-hybridized carbons (Fsp3) is 0.154. The van der Waals surface area contributed by atoms with Crippen LogP contribution in [-0.4, -0.2) is 13.0 Å². The highest BCUT2D eigenvalue weighted by molar-refractivity contribution is 8.03. The van der Waals surface area contributed by atoms with E-state index in [0.717, 1.165) is 32.5 Å². The van der Waals surface area contributed by atoms with Crippen molar-refractivity contribution >= 4 is 23.4 Å². The second-order valence-corrected chi connectivity index (χ2v) is 8.66. The third kappa shape index (κ3) is 3.30. The van der Waals surface area contributed by atoms with Crippen molar-refractivity contribution in [2.45, 2.75) is 17.2 Å². The Labute approximate surface area is 185 Å². The van der Waals surface area contributed by atoms with Gasteiger partial charge in [0.25, 0.3) is 0 Å². The van der Waals surface area contributed by atoms with Gasteiger partial charge in [-0.1, -0.05) is 66.4 Å². The van der Waals surface area contributed by atoms with Gasteiger partial charge < -0.3 is 4.74 Å². The summed E-state index contributed by atoms with van der Waals surface area (Å²) in [6.07, 6.45) is 0.559. The van der Waals surface area contributed by atoms with Crippen molar-refractivity contribution < 1.29 is 9.53 Å². The Morgan fingerprint density at radius 1 is 1.03 bits per heavy atom. The van der Waals surface area contributed by atoms with Crippen LogP contribution >= 0.6 is 11.8 Å². The average molecular weight is 425 g/mol. The molecule has 0 fully saturated rings. The number of ether oxygens (including phenoxy) is 1. The molecule has 31 heavy (non-hydrogen) atoms. The van der Waals surface area contributed by atoms with Crippen LogP contribution in [0.1, 0.15) is 17.0 Å². The lowest BCUT2D eigenvalue weighted by molar-refractivity contribution is -0.122. The van der Waals surface area contributed by atoms with Gasteiger partial charge in [0.15, 0.2) is 0 Å². The van der Waals surface area contributed by atoms with E-state index in [4.69, 9.17) is 4.74 Å². The van der Waals surface area contributed by atoms with E-state index in [1.807, 2.05) is 78.9 Å². The maximum atomic E-state index is 13.9. The summed E-state index contributed by atoms with van der Waals surface area (Å²) in [6.45, 7) is 0. The summed E-state index contributed by atoms with van der Waals surface area (Å²) in [5.41, 5.74) is 3.50. The quantitative estimate of drug-likeness (QED) is 0.553. The molecule has 1 amide bonds. The summed E-state index contributed by atoms with van der Waals surface area (Å²) in [5.74, 6) is 0.0270. The van der Waals surface area contributed by atoms with E-state index in [0.29, 0.717) is 12.0 Å². The molecule has 0 saturated heterocycles. The Balaban J connectivity index is 1.69. The first-order valence-electron chi connectivity index (χ1n) is 10.1. The first-order chi connectivity index (χ1) is 15.2. The van der Waals surface area contributed by atoms with E-state index < -0.39 is 0 Å². The molecule has 2 aliphatic heterocycles. The number of anilines is 1. The molecule has 0 N–H and O–H groups in total. The number of hydrogen-bond acceptors (Lipinski definition) is 4. The minimum atomic E-state index is -0.389. The summed E-state index contributed by atoms with van der Waals surface area (Å²) < 4.78 is 5.43. The molecule has 0 aromatic heterocycles. The van der Waals surface area contributed by atoms with Crippen LogP contribution < -0.4 is 9.64 Å². The number of para-hydroxylation sites is 1. The number of rotatable bonds is 4. The van der Waals surface area contributed by atoms with E-state index in [9.17, 15) is 10.1 Å². The van der Waals surface area contributed by atoms with Crippen LogP contribution in [0.15, 0.2) is 94.4 Å². The Morgan fingerprint density at radius 2 is 1.81 bits per heavy atom. The largest absolute Gasteiger partial charge is 0.497 e. The van der Waals surface area contributed by atoms with Crippen molar-refractivity contribution in [3.8, 4) is 11.8 Å². The molecule has 2 atom stereocenters. The molecule has 0 saturated carbocycles. The second kappa shape index (κ2) is 7.98. The van der Waals surface area contributed by atoms with Crippen LogP contribution in [-0.2, 0) is 11.2 Å². The van der Waals surface area contributed by atoms with Gasteiger partial charge in [0.2, 0.25) is 5.91 Å². The molecule has 3 aromatic carbocycles. The molecule has 0 bridgehead atoms. The molecule has 0 unspecified atom stereocenters. The number of hydrogen-bond donors (Lipinski definition) is 0. The van der Waals surface area contributed by atoms with Crippen LogP contribution in [0.4, 0.5) is 5.69 Å². The third-order valence-electron chi connectivity index (χ3n) is 5.87. The van der Waals surface area contributed by atoms with Gasteiger partial charge in [-0.3, -0.25) is 9.69 Å². The number of carbonyl (C=O) groups is 1. The summed E-state index contributed by atoms with van der Waals surface area (Å²) in [4.78, 5) is 16.7. The molecular weight excluding hydrogens is 404 g/mol. The van der Waals surface area contributed by atoms with Crippen molar-refractivity contribution in [3.05, 3.63) is 101 Å². The number of nitrogens with zero attached hydrogens (tertiary/aromatic N) is 2. The monoisotopic (exact) mass is 424 g/mol. The lowest BCUT2D eigenvalue weighted by Crippen LogP contribution is -2.42. The van der Waals surface area contributed by atoms with Gasteiger partial charge in [-0.15, -0.1) is 0 Å². The predicted molar refractivity (Wildman–Crippen MR) is 122 cm³/mol. The predicted octanol–water partition coefficient (Wildman–Crippen LogP) is 5.53. The number of methoxy groups -OCH3 is 1. The number of carbonyl (C=O) groups excluding carboxylic acids is 1. The summed E-state index contributed by atoms with van der Waals surface area (Å²) in [5, 5.41) is 11.0. The van der Waals surface area contributed by atoms with Gasteiger partial charge in [-0.05, 0) is 41.8 Å². The van der Waals surface area contributed by atoms with Gasteiger partial charge in [-0.25, -0.2) is 0 Å². The van der Waals surface area contributed by atoms with Crippen molar-refractivity contribution in [1.29, 1.82) is 5.26 Å². The third-order valence-corrected chi connectivity index (χ3v) is 7.03. The molecule has 152 valence electrons. The summed E-state index contributed by atoms with van der Waals surface area (Å²) in [7, 11) is 1.63. The van der Waals surface area contributed by atoms with E-state index in [-0.39, 0.29) is 17.7 Å². The molecule has 2 aliphatic rings. The standard InChI is InChI=1S/C26H20N2O2S/c1-30-19-11-7-10-18(15-19)24-20(14-17-8-3-2-4-9-17)25(29)28-22-12-5-6-13-23(22)31-26(28)21(24)16-27/h2-13,15,20,24H,14H2,1H3/t20-,24+/m1/s1. The molecular formula is C26H20N2O2S. The number of allylic oxidation sites excluding steroid dienone is 1. The highest BCUT2D eigenvalue weighted by Crippen LogP contribution is 2.54. The lowest BCUT2D eigenvalue weighted by Gasteiger charge is -2.36. The second-order valence-electron chi connectivity index (χ2n) is 7.62. The maximum Gasteiger partial charge on any atom is 0.236 e. The smallest absolute Gasteiger partial charge is 0.236 e. The number of amides is 1. The fourth-order valence-corrected chi connectivity index (χ4v) is 5.63. The van der Waals surface area contributed by atoms with E-state index >= 15 is 0 Å². The Morgan fingerprint density at radius 3 is 2.58 bits per heavy atom. The van der Waals surface area contributed by atoms with Gasteiger partial charge in [-0.2, -0.15) is 5.26 Å². The lowest BCUT2D eigenvalue weighted by atomic mass is 9.75. The van der Waals surface area contributed by atoms with Crippen LogP contribution in [0.25, 0.3) is 0 Å². The van der Waals surface area contributed by atoms with E-state index in [2.05, 4.69) is 6.07 Å². The molecule has 4 nitrogen and oxygen atoms in total. The zero-order valence-electron chi connectivity index (χ0n) is 17.0. The topological polar surface area (TPSA) is 53.3 Å². The van der Waals surface area contributed by atoms with Gasteiger partial charge >= 0.3 is 0 Å². The summed E-state index contributed by atoms with van der Waals surface area (Å²) in [6, 6.07) is 28.0. The first kappa shape index (κ1) is 19.5. The summed E-state index contributed by atoms with van der Waals surface area (Å²) >= 11 is 1.50. The highest BCUT2D eigenvalue weighted by Gasteiger charge is 2.46. The molecule has 3 aromatic rings. The van der Waals surface area contributed by atoms with Crippen molar-refractivity contribution in [1.82, 2.24) is 0 Å². The zero-order chi connectivity index (χ0) is 21.4. The van der Waals surface area contributed by atoms with Crippen LogP contribution in [0.3, 0.4) is 0 Å². The molecule has 0 radical (unpaired) electrons. The highest BCUT2D eigenvalue weighted by atomic mass is 32.2. The van der Waals surface area contributed by atoms with Crippen LogP contribution in [0.2, 0.25) is 0 Å². The molecule has 5 rings (SSSR count). The minimum Gasteiger partial charge on any atom is -0.497 e. The van der Waals surface area contributed by atoms with Crippen LogP contribution in [0.5, 0.6) is 5.75 Å². The van der Waals surface area contributed by atoms with Gasteiger partial charge in [0.05, 0.1) is 30.4 Å². The van der Waals surface area contributed by atoms with Crippen molar-refractivity contribution in [2.75, 3.05) is 12.0 Å². The number of thioether (sulfide) groups is 1. The van der Waals surface area contributed by atoms with Crippen LogP contribution in [0, 0.1) is 17.2 Å². The number of benzene rings is 3. The fourth-order valence-electron chi connectivity index (χ4n) is 4.45. The SMILES string of the molecule is COc1cccc([C@@H]2C(C#N)=C3Sc4ccccc4N3C(=O)[C@@H]2Cc2ccccc2)c1. The molecule has 0 spiro atoms. The van der Waals surface area contributed by atoms with Crippen molar-refractivity contribution in [2.24, 2.45) is 5.92 Å². The first-order valence-corrected chi connectivity index (χ1v) is 11.0. The van der Waals surface area contributed by atoms with E-state index in [1.54, 1.807) is 12.0 Å². The average Bonchev–Trinajstić information content (AvgIpc) is 3.21. The van der Waals surface area contributed by atoms with Gasteiger partial charge in [0, 0.05) is 10.8 Å². The molecule has 2 heterocycles. The number of nitriles is 1. The van der Waals surface area contributed by atoms with E-state index in [1.165, 1.54) is 11.8 Å². The molecule has 0 aliphatic carbocycles. The minimum absolute atomic E-state index is 0.0307. The molecule has 5 heteroatoms. The Bertz CT molecular complexity index is 1230. The number of fused-ring (bicyclic) bond motifs is 3. The zero-order valence-corrected chi connectivity index (χ0v) is 17.8. The Hall–Kier alpha value is -3.49. The Kier molecular flexibility index (Phi) is 5.01. The normalized spacial score (nSPS) is 19.6. The van der Waals surface area contributed by atoms with Gasteiger partial charge in [0.1, 0.15) is 10.8 Å².